The van der Waals surface area contributed by atoms with E-state index in [1.807, 2.05) is 30.3 Å². The first-order valence-corrected chi connectivity index (χ1v) is 10.1. The van der Waals surface area contributed by atoms with Gasteiger partial charge in [0.2, 0.25) is 6.79 Å². The van der Waals surface area contributed by atoms with Crippen molar-refractivity contribution >= 4 is 11.9 Å². The van der Waals surface area contributed by atoms with Crippen LogP contribution in [0.4, 0.5) is 0 Å². The second-order valence-corrected chi connectivity index (χ2v) is 7.39. The molecular weight excluding hydrogens is 402 g/mol. The van der Waals surface area contributed by atoms with Crippen molar-refractivity contribution in [3.05, 3.63) is 47.0 Å². The van der Waals surface area contributed by atoms with Crippen LogP contribution in [0.2, 0.25) is 0 Å². The Morgan fingerprint density at radius 3 is 2.52 bits per heavy atom. The molecule has 0 unspecified atom stereocenters. The molecule has 4 rings (SSSR count). The number of esters is 1. The Labute approximate surface area is 180 Å². The van der Waals surface area contributed by atoms with Gasteiger partial charge in [-0.2, -0.15) is 0 Å². The van der Waals surface area contributed by atoms with E-state index in [-0.39, 0.29) is 25.7 Å². The van der Waals surface area contributed by atoms with E-state index in [9.17, 15) is 9.59 Å². The van der Waals surface area contributed by atoms with Crippen LogP contribution in [0.3, 0.4) is 0 Å². The minimum atomic E-state index is -0.408. The average Bonchev–Trinajstić information content (AvgIpc) is 3.27. The Bertz CT molecular complexity index is 988. The quantitative estimate of drug-likeness (QED) is 0.628. The van der Waals surface area contributed by atoms with E-state index in [1.54, 1.807) is 19.1 Å². The number of benzene rings is 2. The number of carbonyl (C=O) groups is 2. The third kappa shape index (κ3) is 4.68. The van der Waals surface area contributed by atoms with Gasteiger partial charge in [-0.15, -0.1) is 0 Å². The minimum Gasteiger partial charge on any atom is -0.493 e. The summed E-state index contributed by atoms with van der Waals surface area (Å²) in [6.45, 7) is 0.964. The number of aryl methyl sites for hydroxylation is 1. The summed E-state index contributed by atoms with van der Waals surface area (Å²) in [6.07, 6.45) is 1.40. The third-order valence-corrected chi connectivity index (χ3v) is 5.48. The lowest BCUT2D eigenvalue weighted by molar-refractivity contribution is -0.152. The summed E-state index contributed by atoms with van der Waals surface area (Å²) in [4.78, 5) is 26.4. The molecule has 0 aromatic heterocycles. The highest BCUT2D eigenvalue weighted by Crippen LogP contribution is 2.34. The molecule has 1 amide bonds. The number of fused-ring (bicyclic) bond motifs is 2. The molecule has 0 radical (unpaired) electrons. The third-order valence-electron chi connectivity index (χ3n) is 5.48. The Balaban J connectivity index is 1.26. The molecule has 0 spiro atoms. The van der Waals surface area contributed by atoms with Crippen molar-refractivity contribution in [1.29, 1.82) is 0 Å². The molecule has 0 saturated heterocycles. The molecule has 0 N–H and O–H groups in total. The smallest absolute Gasteiger partial charge is 0.306 e. The lowest BCUT2D eigenvalue weighted by Crippen LogP contribution is -2.38. The van der Waals surface area contributed by atoms with Gasteiger partial charge in [0, 0.05) is 19.5 Å². The molecule has 31 heavy (non-hydrogen) atoms. The van der Waals surface area contributed by atoms with E-state index < -0.39 is 5.97 Å². The summed E-state index contributed by atoms with van der Waals surface area (Å²) < 4.78 is 26.5. The Morgan fingerprint density at radius 1 is 1.00 bits per heavy atom. The molecule has 2 aromatic carbocycles. The zero-order chi connectivity index (χ0) is 21.8. The normalized spacial score (nSPS) is 14.1. The molecule has 164 valence electrons. The first kappa shape index (κ1) is 20.8. The molecule has 0 saturated carbocycles. The maximum atomic E-state index is 12.6. The summed E-state index contributed by atoms with van der Waals surface area (Å²) in [6, 6.07) is 9.41. The van der Waals surface area contributed by atoms with Gasteiger partial charge >= 0.3 is 5.97 Å². The molecule has 2 aliphatic heterocycles. The molecule has 2 heterocycles. The summed E-state index contributed by atoms with van der Waals surface area (Å²) in [7, 11) is 3.18. The Hall–Kier alpha value is -3.42. The predicted octanol–water partition coefficient (Wildman–Crippen LogP) is 2.49. The maximum absolute atomic E-state index is 12.6. The van der Waals surface area contributed by atoms with Crippen LogP contribution in [-0.4, -0.2) is 50.9 Å². The predicted molar refractivity (Wildman–Crippen MR) is 111 cm³/mol. The molecule has 2 aliphatic rings. The second-order valence-electron chi connectivity index (χ2n) is 7.39. The van der Waals surface area contributed by atoms with Gasteiger partial charge in [-0.1, -0.05) is 6.07 Å². The molecule has 8 nitrogen and oxygen atoms in total. The van der Waals surface area contributed by atoms with Crippen LogP contribution >= 0.6 is 0 Å². The molecule has 0 bridgehead atoms. The molecule has 0 aliphatic carbocycles. The maximum Gasteiger partial charge on any atom is 0.306 e. The van der Waals surface area contributed by atoms with Crippen LogP contribution in [0.25, 0.3) is 0 Å². The van der Waals surface area contributed by atoms with Gasteiger partial charge in [0.1, 0.15) is 0 Å². The van der Waals surface area contributed by atoms with E-state index in [2.05, 4.69) is 0 Å². The SMILES string of the molecule is COc1cc2c(cc1OC)CN(C(=O)COC(=O)CCc1ccc3c(c1)OCO3)CC2. The highest BCUT2D eigenvalue weighted by molar-refractivity contribution is 5.81. The number of amides is 1. The van der Waals surface area contributed by atoms with Gasteiger partial charge in [0.15, 0.2) is 29.6 Å². The lowest BCUT2D eigenvalue weighted by atomic mass is 9.99. The summed E-state index contributed by atoms with van der Waals surface area (Å²) in [5.41, 5.74) is 3.08. The number of methoxy groups -OCH3 is 2. The first-order valence-electron chi connectivity index (χ1n) is 10.1. The van der Waals surface area contributed by atoms with Gasteiger partial charge in [-0.05, 0) is 53.8 Å². The van der Waals surface area contributed by atoms with Crippen molar-refractivity contribution in [2.24, 2.45) is 0 Å². The van der Waals surface area contributed by atoms with Crippen LogP contribution in [0, 0.1) is 0 Å². The van der Waals surface area contributed by atoms with Crippen LogP contribution in [0.5, 0.6) is 23.0 Å². The van der Waals surface area contributed by atoms with Crippen LogP contribution in [0.15, 0.2) is 30.3 Å². The van der Waals surface area contributed by atoms with Gasteiger partial charge < -0.3 is 28.6 Å². The van der Waals surface area contributed by atoms with Gasteiger partial charge in [-0.25, -0.2) is 0 Å². The number of hydrogen-bond acceptors (Lipinski definition) is 7. The second kappa shape index (κ2) is 9.16. The summed E-state index contributed by atoms with van der Waals surface area (Å²) >= 11 is 0. The van der Waals surface area contributed by atoms with Crippen molar-refractivity contribution in [2.45, 2.75) is 25.8 Å². The number of ether oxygens (including phenoxy) is 5. The number of rotatable bonds is 7. The van der Waals surface area contributed by atoms with E-state index in [4.69, 9.17) is 23.7 Å². The molecular formula is C23H25NO7. The van der Waals surface area contributed by atoms with Crippen molar-refractivity contribution in [3.8, 4) is 23.0 Å². The standard InChI is InChI=1S/C23H25NO7/c1-27-19-10-16-7-8-24(12-17(16)11-20(19)28-2)22(25)13-29-23(26)6-4-15-3-5-18-21(9-15)31-14-30-18/h3,5,9-11H,4,6-8,12-14H2,1-2H3. The Kier molecular flexibility index (Phi) is 6.16. The van der Waals surface area contributed by atoms with Crippen LogP contribution in [0.1, 0.15) is 23.1 Å². The van der Waals surface area contributed by atoms with Gasteiger partial charge in [0.25, 0.3) is 5.91 Å². The van der Waals surface area contributed by atoms with Crippen molar-refractivity contribution < 1.29 is 33.3 Å². The molecule has 0 atom stereocenters. The molecule has 2 aromatic rings. The van der Waals surface area contributed by atoms with Crippen molar-refractivity contribution in [1.82, 2.24) is 4.90 Å². The van der Waals surface area contributed by atoms with Gasteiger partial charge in [0.05, 0.1) is 14.2 Å². The summed E-state index contributed by atoms with van der Waals surface area (Å²) in [5, 5.41) is 0. The van der Waals surface area contributed by atoms with Crippen LogP contribution in [-0.2, 0) is 33.7 Å². The van der Waals surface area contributed by atoms with E-state index in [1.165, 1.54) is 0 Å². The fourth-order valence-electron chi connectivity index (χ4n) is 3.74. The zero-order valence-corrected chi connectivity index (χ0v) is 17.6. The van der Waals surface area contributed by atoms with E-state index >= 15 is 0 Å². The first-order chi connectivity index (χ1) is 15.1. The minimum absolute atomic E-state index is 0.187. The lowest BCUT2D eigenvalue weighted by Gasteiger charge is -2.29. The highest BCUT2D eigenvalue weighted by atomic mass is 16.7. The van der Waals surface area contributed by atoms with Crippen LogP contribution < -0.4 is 18.9 Å². The van der Waals surface area contributed by atoms with Crippen molar-refractivity contribution in [3.63, 3.8) is 0 Å². The molecule has 8 heteroatoms. The Morgan fingerprint density at radius 2 is 1.74 bits per heavy atom. The fraction of sp³-hybridized carbons (Fsp3) is 0.391. The topological polar surface area (TPSA) is 83.5 Å². The number of hydrogen-bond donors (Lipinski definition) is 0. The monoisotopic (exact) mass is 427 g/mol. The number of nitrogens with zero attached hydrogens (tertiary/aromatic N) is 1. The van der Waals surface area contributed by atoms with E-state index in [0.717, 1.165) is 16.7 Å². The number of carbonyl (C=O) groups excluding carboxylic acids is 2. The highest BCUT2D eigenvalue weighted by Gasteiger charge is 2.23. The average molecular weight is 427 g/mol. The summed E-state index contributed by atoms with van der Waals surface area (Å²) in [5.74, 6) is 2.08. The van der Waals surface area contributed by atoms with Crippen molar-refractivity contribution in [2.75, 3.05) is 34.2 Å². The zero-order valence-electron chi connectivity index (χ0n) is 17.6. The van der Waals surface area contributed by atoms with E-state index in [0.29, 0.717) is 48.9 Å². The molecule has 0 fully saturated rings. The fourth-order valence-corrected chi connectivity index (χ4v) is 3.74. The largest absolute Gasteiger partial charge is 0.493 e. The van der Waals surface area contributed by atoms with Gasteiger partial charge in [-0.3, -0.25) is 9.59 Å².